The molecule has 8 nitrogen and oxygen atoms in total. The molecule has 0 saturated heterocycles. The van der Waals surface area contributed by atoms with Crippen molar-refractivity contribution in [1.29, 1.82) is 0 Å². The van der Waals surface area contributed by atoms with E-state index in [1.54, 1.807) is 50.6 Å². The first-order valence-corrected chi connectivity index (χ1v) is 9.24. The molecule has 0 aliphatic rings. The van der Waals surface area contributed by atoms with Crippen molar-refractivity contribution in [2.24, 2.45) is 0 Å². The Kier molecular flexibility index (Phi) is 5.47. The molecule has 0 radical (unpaired) electrons. The summed E-state index contributed by atoms with van der Waals surface area (Å²) in [6, 6.07) is 17.9. The summed E-state index contributed by atoms with van der Waals surface area (Å²) >= 11 is 0. The number of methoxy groups -OCH3 is 2. The SMILES string of the molecule is COc1ccc(CNc2nc(-c3ccco3)nn2C(=O)c2ccc(OC)cc2)cc1. The van der Waals surface area contributed by atoms with Gasteiger partial charge >= 0.3 is 0 Å². The number of nitrogens with one attached hydrogen (secondary N) is 1. The van der Waals surface area contributed by atoms with Crippen molar-refractivity contribution in [3.63, 3.8) is 0 Å². The number of furan rings is 1. The van der Waals surface area contributed by atoms with Crippen LogP contribution < -0.4 is 14.8 Å². The molecule has 0 amide bonds. The standard InChI is InChI=1S/C22H20N4O4/c1-28-17-9-5-15(6-10-17)14-23-22-24-20(19-4-3-13-30-19)25-26(22)21(27)16-7-11-18(29-2)12-8-16/h3-13H,14H2,1-2H3,(H,23,24,25). The van der Waals surface area contributed by atoms with Gasteiger partial charge in [-0.15, -0.1) is 5.10 Å². The number of carbonyl (C=O) groups excluding carboxylic acids is 1. The van der Waals surface area contributed by atoms with Crippen LogP contribution in [0.5, 0.6) is 11.5 Å². The molecule has 0 unspecified atom stereocenters. The van der Waals surface area contributed by atoms with E-state index >= 15 is 0 Å². The summed E-state index contributed by atoms with van der Waals surface area (Å²) in [5.74, 6) is 2.23. The number of rotatable bonds is 7. The predicted octanol–water partition coefficient (Wildman–Crippen LogP) is 3.86. The summed E-state index contributed by atoms with van der Waals surface area (Å²) in [5.41, 5.74) is 1.46. The zero-order valence-electron chi connectivity index (χ0n) is 16.5. The number of hydrogen-bond acceptors (Lipinski definition) is 7. The Bertz CT molecular complexity index is 1120. The van der Waals surface area contributed by atoms with Crippen molar-refractivity contribution >= 4 is 11.9 Å². The van der Waals surface area contributed by atoms with Crippen LogP contribution in [-0.4, -0.2) is 34.9 Å². The van der Waals surface area contributed by atoms with Gasteiger partial charge in [0.25, 0.3) is 5.91 Å². The van der Waals surface area contributed by atoms with Crippen LogP contribution >= 0.6 is 0 Å². The minimum Gasteiger partial charge on any atom is -0.497 e. The monoisotopic (exact) mass is 404 g/mol. The summed E-state index contributed by atoms with van der Waals surface area (Å²) in [7, 11) is 3.20. The highest BCUT2D eigenvalue weighted by Crippen LogP contribution is 2.21. The third-order valence-electron chi connectivity index (χ3n) is 4.49. The molecule has 0 bridgehead atoms. The largest absolute Gasteiger partial charge is 0.497 e. The zero-order chi connectivity index (χ0) is 20.9. The van der Waals surface area contributed by atoms with Gasteiger partial charge in [-0.05, 0) is 54.1 Å². The second-order valence-corrected chi connectivity index (χ2v) is 6.38. The Hall–Kier alpha value is -4.07. The molecule has 2 aromatic heterocycles. The smallest absolute Gasteiger partial charge is 0.281 e. The quantitative estimate of drug-likeness (QED) is 0.500. The van der Waals surface area contributed by atoms with Gasteiger partial charge in [0.1, 0.15) is 11.5 Å². The van der Waals surface area contributed by atoms with Gasteiger partial charge in [0.2, 0.25) is 11.8 Å². The molecule has 0 saturated carbocycles. The summed E-state index contributed by atoms with van der Waals surface area (Å²) in [6.45, 7) is 0.455. The number of anilines is 1. The van der Waals surface area contributed by atoms with Gasteiger partial charge in [-0.1, -0.05) is 12.1 Å². The third-order valence-corrected chi connectivity index (χ3v) is 4.49. The number of carbonyl (C=O) groups is 1. The summed E-state index contributed by atoms with van der Waals surface area (Å²) in [5, 5.41) is 7.54. The minimum absolute atomic E-state index is 0.318. The first-order valence-electron chi connectivity index (χ1n) is 9.24. The Morgan fingerprint density at radius 2 is 1.67 bits per heavy atom. The van der Waals surface area contributed by atoms with Crippen molar-refractivity contribution in [2.45, 2.75) is 6.54 Å². The van der Waals surface area contributed by atoms with Gasteiger partial charge in [0.15, 0.2) is 5.76 Å². The molecule has 152 valence electrons. The highest BCUT2D eigenvalue weighted by molar-refractivity contribution is 5.97. The Balaban J connectivity index is 1.62. The maximum atomic E-state index is 13.1. The second-order valence-electron chi connectivity index (χ2n) is 6.38. The molecule has 0 atom stereocenters. The van der Waals surface area contributed by atoms with Crippen LogP contribution in [0.3, 0.4) is 0 Å². The Morgan fingerprint density at radius 1 is 1.00 bits per heavy atom. The fraction of sp³-hybridized carbons (Fsp3) is 0.136. The van der Waals surface area contributed by atoms with E-state index in [0.717, 1.165) is 11.3 Å². The van der Waals surface area contributed by atoms with Gasteiger partial charge < -0.3 is 19.2 Å². The molecular formula is C22H20N4O4. The molecule has 2 aromatic carbocycles. The van der Waals surface area contributed by atoms with Gasteiger partial charge in [-0.25, -0.2) is 0 Å². The van der Waals surface area contributed by atoms with E-state index in [1.807, 2.05) is 24.3 Å². The first-order chi connectivity index (χ1) is 14.7. The molecule has 4 aromatic rings. The lowest BCUT2D eigenvalue weighted by atomic mass is 10.2. The van der Waals surface area contributed by atoms with Crippen LogP contribution in [0.15, 0.2) is 71.3 Å². The van der Waals surface area contributed by atoms with Gasteiger partial charge in [0.05, 0.1) is 20.5 Å². The molecule has 0 aliphatic heterocycles. The van der Waals surface area contributed by atoms with E-state index in [2.05, 4.69) is 15.4 Å². The fourth-order valence-electron chi connectivity index (χ4n) is 2.86. The molecule has 1 N–H and O–H groups in total. The average Bonchev–Trinajstić information content (AvgIpc) is 3.47. The van der Waals surface area contributed by atoms with E-state index in [1.165, 1.54) is 10.9 Å². The molecule has 0 aliphatic carbocycles. The number of nitrogens with zero attached hydrogens (tertiary/aromatic N) is 3. The van der Waals surface area contributed by atoms with E-state index < -0.39 is 0 Å². The van der Waals surface area contributed by atoms with Crippen molar-refractivity contribution in [3.8, 4) is 23.1 Å². The van der Waals surface area contributed by atoms with Crippen molar-refractivity contribution in [2.75, 3.05) is 19.5 Å². The van der Waals surface area contributed by atoms with Crippen molar-refractivity contribution < 1.29 is 18.7 Å². The number of aromatic nitrogens is 3. The first kappa shape index (κ1) is 19.3. The predicted molar refractivity (Wildman–Crippen MR) is 111 cm³/mol. The van der Waals surface area contributed by atoms with E-state index in [-0.39, 0.29) is 5.91 Å². The highest BCUT2D eigenvalue weighted by Gasteiger charge is 2.20. The van der Waals surface area contributed by atoms with Crippen LogP contribution in [0.1, 0.15) is 15.9 Å². The van der Waals surface area contributed by atoms with Gasteiger partial charge in [0, 0.05) is 12.1 Å². The highest BCUT2D eigenvalue weighted by atomic mass is 16.5. The number of hydrogen-bond donors (Lipinski definition) is 1. The lowest BCUT2D eigenvalue weighted by molar-refractivity contribution is 0.0947. The van der Waals surface area contributed by atoms with E-state index in [4.69, 9.17) is 13.9 Å². The van der Waals surface area contributed by atoms with Crippen LogP contribution in [0.25, 0.3) is 11.6 Å². The van der Waals surface area contributed by atoms with Gasteiger partial charge in [-0.2, -0.15) is 9.67 Å². The van der Waals surface area contributed by atoms with Crippen LogP contribution in [0.4, 0.5) is 5.95 Å². The molecule has 30 heavy (non-hydrogen) atoms. The van der Waals surface area contributed by atoms with Crippen molar-refractivity contribution in [1.82, 2.24) is 14.8 Å². The topological polar surface area (TPSA) is 91.4 Å². The van der Waals surface area contributed by atoms with E-state index in [0.29, 0.717) is 35.4 Å². The fourth-order valence-corrected chi connectivity index (χ4v) is 2.86. The third kappa shape index (κ3) is 4.02. The molecular weight excluding hydrogens is 384 g/mol. The number of benzene rings is 2. The molecule has 4 rings (SSSR count). The lowest BCUT2D eigenvalue weighted by Crippen LogP contribution is -2.17. The second kappa shape index (κ2) is 8.52. The van der Waals surface area contributed by atoms with Gasteiger partial charge in [-0.3, -0.25) is 4.79 Å². The normalized spacial score (nSPS) is 10.6. The van der Waals surface area contributed by atoms with Crippen LogP contribution in [0.2, 0.25) is 0 Å². The van der Waals surface area contributed by atoms with Crippen LogP contribution in [0, 0.1) is 0 Å². The van der Waals surface area contributed by atoms with Crippen molar-refractivity contribution in [3.05, 3.63) is 78.1 Å². The number of ether oxygens (including phenoxy) is 2. The summed E-state index contributed by atoms with van der Waals surface area (Å²) < 4.78 is 17.0. The maximum Gasteiger partial charge on any atom is 0.281 e. The molecule has 0 fully saturated rings. The zero-order valence-corrected chi connectivity index (χ0v) is 16.5. The molecule has 8 heteroatoms. The van der Waals surface area contributed by atoms with Crippen LogP contribution in [-0.2, 0) is 6.54 Å². The summed E-state index contributed by atoms with van der Waals surface area (Å²) in [6.07, 6.45) is 1.53. The summed E-state index contributed by atoms with van der Waals surface area (Å²) in [4.78, 5) is 17.5. The Labute approximate surface area is 173 Å². The Morgan fingerprint density at radius 3 is 2.27 bits per heavy atom. The molecule has 0 spiro atoms. The lowest BCUT2D eigenvalue weighted by Gasteiger charge is -2.08. The minimum atomic E-state index is -0.319. The van der Waals surface area contributed by atoms with E-state index in [9.17, 15) is 4.79 Å². The molecule has 2 heterocycles. The maximum absolute atomic E-state index is 13.1. The average molecular weight is 404 g/mol.